The van der Waals surface area contributed by atoms with E-state index in [9.17, 15) is 0 Å². The number of ether oxygens (including phenoxy) is 2. The molecule has 3 heteroatoms. The highest BCUT2D eigenvalue weighted by molar-refractivity contribution is 5.43. The zero-order valence-electron chi connectivity index (χ0n) is 11.5. The van der Waals surface area contributed by atoms with Crippen molar-refractivity contribution in [2.45, 2.75) is 32.7 Å². The minimum atomic E-state index is 0.140. The normalized spacial score (nSPS) is 12.0. The van der Waals surface area contributed by atoms with E-state index in [1.54, 1.807) is 7.11 Å². The molecule has 0 saturated carbocycles. The van der Waals surface area contributed by atoms with Gasteiger partial charge in [-0.1, -0.05) is 19.6 Å². The Morgan fingerprint density at radius 3 is 2.67 bits per heavy atom. The molecule has 0 aliphatic carbocycles. The summed E-state index contributed by atoms with van der Waals surface area (Å²) in [4.78, 5) is 0. The number of methoxy groups -OCH3 is 1. The van der Waals surface area contributed by atoms with Crippen molar-refractivity contribution in [2.75, 3.05) is 13.7 Å². The summed E-state index contributed by atoms with van der Waals surface area (Å²) in [5.74, 6) is 1.50. The Kier molecular flexibility index (Phi) is 5.72. The molecule has 0 radical (unpaired) electrons. The molecule has 1 aromatic rings. The van der Waals surface area contributed by atoms with E-state index in [0.717, 1.165) is 35.5 Å². The van der Waals surface area contributed by atoms with Crippen molar-refractivity contribution in [2.24, 2.45) is 5.73 Å². The van der Waals surface area contributed by atoms with Gasteiger partial charge in [0.15, 0.2) is 11.5 Å². The van der Waals surface area contributed by atoms with Gasteiger partial charge in [-0.25, -0.2) is 0 Å². The maximum Gasteiger partial charge on any atom is 0.161 e. The largest absolute Gasteiger partial charge is 0.493 e. The SMILES string of the molecule is C=C(CC)COc1ccc(CC(C)N)cc1OC. The van der Waals surface area contributed by atoms with Crippen LogP contribution >= 0.6 is 0 Å². The molecule has 0 spiro atoms. The first-order valence-electron chi connectivity index (χ1n) is 6.28. The lowest BCUT2D eigenvalue weighted by molar-refractivity contribution is 0.317. The van der Waals surface area contributed by atoms with E-state index in [1.165, 1.54) is 0 Å². The summed E-state index contributed by atoms with van der Waals surface area (Å²) in [5.41, 5.74) is 8.01. The summed E-state index contributed by atoms with van der Waals surface area (Å²) in [5, 5.41) is 0. The molecule has 100 valence electrons. The van der Waals surface area contributed by atoms with E-state index < -0.39 is 0 Å². The molecular formula is C15H23NO2. The third-order valence-corrected chi connectivity index (χ3v) is 2.72. The minimum absolute atomic E-state index is 0.140. The van der Waals surface area contributed by atoms with Crippen LogP contribution in [0.1, 0.15) is 25.8 Å². The fraction of sp³-hybridized carbons (Fsp3) is 0.467. The second-order valence-corrected chi connectivity index (χ2v) is 4.56. The molecule has 1 atom stereocenters. The summed E-state index contributed by atoms with van der Waals surface area (Å²) in [6, 6.07) is 6.07. The summed E-state index contributed by atoms with van der Waals surface area (Å²) in [6.45, 7) is 8.50. The van der Waals surface area contributed by atoms with Crippen molar-refractivity contribution in [3.8, 4) is 11.5 Å². The Bertz CT molecular complexity index is 399. The highest BCUT2D eigenvalue weighted by Crippen LogP contribution is 2.28. The lowest BCUT2D eigenvalue weighted by atomic mass is 10.1. The van der Waals surface area contributed by atoms with Crippen LogP contribution in [0.25, 0.3) is 0 Å². The lowest BCUT2D eigenvalue weighted by Gasteiger charge is -2.13. The lowest BCUT2D eigenvalue weighted by Crippen LogP contribution is -2.17. The summed E-state index contributed by atoms with van der Waals surface area (Å²) in [7, 11) is 1.65. The van der Waals surface area contributed by atoms with Gasteiger partial charge in [0, 0.05) is 6.04 Å². The Balaban J connectivity index is 2.76. The van der Waals surface area contributed by atoms with Crippen LogP contribution in [0.5, 0.6) is 11.5 Å². The van der Waals surface area contributed by atoms with Crippen molar-refractivity contribution in [3.63, 3.8) is 0 Å². The van der Waals surface area contributed by atoms with Gasteiger partial charge < -0.3 is 15.2 Å². The average Bonchev–Trinajstić information content (AvgIpc) is 2.35. The quantitative estimate of drug-likeness (QED) is 0.756. The topological polar surface area (TPSA) is 44.5 Å². The molecule has 0 aromatic heterocycles. The molecule has 0 amide bonds. The minimum Gasteiger partial charge on any atom is -0.493 e. The van der Waals surface area contributed by atoms with Gasteiger partial charge in [0.25, 0.3) is 0 Å². The molecule has 0 saturated heterocycles. The van der Waals surface area contributed by atoms with E-state index in [2.05, 4.69) is 13.5 Å². The Morgan fingerprint density at radius 1 is 1.39 bits per heavy atom. The van der Waals surface area contributed by atoms with E-state index in [0.29, 0.717) is 6.61 Å². The Hall–Kier alpha value is -1.48. The predicted molar refractivity (Wildman–Crippen MR) is 75.3 cm³/mol. The molecule has 1 unspecified atom stereocenters. The molecule has 18 heavy (non-hydrogen) atoms. The van der Waals surface area contributed by atoms with Crippen molar-refractivity contribution >= 4 is 0 Å². The molecule has 0 aliphatic rings. The fourth-order valence-corrected chi connectivity index (χ4v) is 1.61. The summed E-state index contributed by atoms with van der Waals surface area (Å²) >= 11 is 0. The average molecular weight is 249 g/mol. The predicted octanol–water partition coefficient (Wildman–Crippen LogP) is 2.93. The Morgan fingerprint density at radius 2 is 2.11 bits per heavy atom. The third-order valence-electron chi connectivity index (χ3n) is 2.72. The first kappa shape index (κ1) is 14.6. The zero-order valence-corrected chi connectivity index (χ0v) is 11.5. The highest BCUT2D eigenvalue weighted by atomic mass is 16.5. The maximum absolute atomic E-state index is 5.79. The molecule has 1 aromatic carbocycles. The third kappa shape index (κ3) is 4.41. The van der Waals surface area contributed by atoms with Gasteiger partial charge in [-0.15, -0.1) is 0 Å². The van der Waals surface area contributed by atoms with Gasteiger partial charge >= 0.3 is 0 Å². The second kappa shape index (κ2) is 7.07. The molecule has 2 N–H and O–H groups in total. The van der Waals surface area contributed by atoms with Crippen LogP contribution in [0.2, 0.25) is 0 Å². The second-order valence-electron chi connectivity index (χ2n) is 4.56. The highest BCUT2D eigenvalue weighted by Gasteiger charge is 2.07. The van der Waals surface area contributed by atoms with Gasteiger partial charge in [0.2, 0.25) is 0 Å². The van der Waals surface area contributed by atoms with Crippen molar-refractivity contribution in [1.82, 2.24) is 0 Å². The van der Waals surface area contributed by atoms with Crippen LogP contribution in [0, 0.1) is 0 Å². The molecular weight excluding hydrogens is 226 g/mol. The first-order valence-corrected chi connectivity index (χ1v) is 6.28. The van der Waals surface area contributed by atoms with E-state index in [1.807, 2.05) is 25.1 Å². The number of hydrogen-bond donors (Lipinski definition) is 1. The zero-order chi connectivity index (χ0) is 13.5. The van der Waals surface area contributed by atoms with Crippen molar-refractivity contribution in [1.29, 1.82) is 0 Å². The van der Waals surface area contributed by atoms with Crippen LogP contribution in [0.4, 0.5) is 0 Å². The molecule has 0 bridgehead atoms. The van der Waals surface area contributed by atoms with Crippen LogP contribution < -0.4 is 15.2 Å². The molecule has 0 aliphatic heterocycles. The maximum atomic E-state index is 5.79. The van der Waals surface area contributed by atoms with Crippen molar-refractivity contribution < 1.29 is 9.47 Å². The Labute approximate surface area is 110 Å². The van der Waals surface area contributed by atoms with Gasteiger partial charge in [-0.05, 0) is 43.0 Å². The number of nitrogens with two attached hydrogens (primary N) is 1. The van der Waals surface area contributed by atoms with Gasteiger partial charge in [-0.2, -0.15) is 0 Å². The number of benzene rings is 1. The van der Waals surface area contributed by atoms with Crippen molar-refractivity contribution in [3.05, 3.63) is 35.9 Å². The van der Waals surface area contributed by atoms with Gasteiger partial charge in [0.05, 0.1) is 7.11 Å². The number of hydrogen-bond acceptors (Lipinski definition) is 3. The molecule has 0 heterocycles. The van der Waals surface area contributed by atoms with Crippen LogP contribution in [0.15, 0.2) is 30.4 Å². The van der Waals surface area contributed by atoms with Crippen LogP contribution in [-0.4, -0.2) is 19.8 Å². The van der Waals surface area contributed by atoms with Gasteiger partial charge in [0.1, 0.15) is 6.61 Å². The summed E-state index contributed by atoms with van der Waals surface area (Å²) < 4.78 is 11.0. The van der Waals surface area contributed by atoms with Gasteiger partial charge in [-0.3, -0.25) is 0 Å². The molecule has 1 rings (SSSR count). The van der Waals surface area contributed by atoms with E-state index in [-0.39, 0.29) is 6.04 Å². The molecule has 0 fully saturated rings. The van der Waals surface area contributed by atoms with Crippen LogP contribution in [0.3, 0.4) is 0 Å². The molecule has 3 nitrogen and oxygen atoms in total. The van der Waals surface area contributed by atoms with Crippen LogP contribution in [-0.2, 0) is 6.42 Å². The fourth-order valence-electron chi connectivity index (χ4n) is 1.61. The smallest absolute Gasteiger partial charge is 0.161 e. The summed E-state index contributed by atoms with van der Waals surface area (Å²) in [6.07, 6.45) is 1.75. The number of rotatable bonds is 7. The monoisotopic (exact) mass is 249 g/mol. The van der Waals surface area contributed by atoms with E-state index in [4.69, 9.17) is 15.2 Å². The van der Waals surface area contributed by atoms with E-state index >= 15 is 0 Å². The standard InChI is InChI=1S/C15H23NO2/c1-5-11(2)10-18-14-7-6-13(8-12(3)16)9-15(14)17-4/h6-7,9,12H,2,5,8,10,16H2,1,3-4H3. The first-order chi connectivity index (χ1) is 8.56.